The van der Waals surface area contributed by atoms with Crippen LogP contribution < -0.4 is 5.32 Å². The van der Waals surface area contributed by atoms with E-state index in [4.69, 9.17) is 0 Å². The van der Waals surface area contributed by atoms with Crippen LogP contribution in [0.1, 0.15) is 30.8 Å². The van der Waals surface area contributed by atoms with Crippen molar-refractivity contribution in [3.63, 3.8) is 0 Å². The lowest BCUT2D eigenvalue weighted by Gasteiger charge is -2.10. The standard InChI is InChI=1S/C12H21N3/c1-8(9(2)13-5)7-12-10(3)14-15(6)11(12)4/h7,9,13H,1-6H3. The molecule has 0 aromatic carbocycles. The van der Waals surface area contributed by atoms with Gasteiger partial charge in [0.25, 0.3) is 0 Å². The monoisotopic (exact) mass is 207 g/mol. The Morgan fingerprint density at radius 3 is 2.47 bits per heavy atom. The Hall–Kier alpha value is -1.09. The van der Waals surface area contributed by atoms with Gasteiger partial charge in [0.2, 0.25) is 0 Å². The molecule has 1 aromatic rings. The van der Waals surface area contributed by atoms with Crippen LogP contribution in [-0.4, -0.2) is 22.9 Å². The minimum Gasteiger partial charge on any atom is -0.314 e. The molecule has 15 heavy (non-hydrogen) atoms. The third-order valence-electron chi connectivity index (χ3n) is 3.05. The Kier molecular flexibility index (Phi) is 3.69. The van der Waals surface area contributed by atoms with Crippen LogP contribution >= 0.6 is 0 Å². The normalized spacial score (nSPS) is 14.4. The maximum absolute atomic E-state index is 4.40. The van der Waals surface area contributed by atoms with Gasteiger partial charge in [-0.05, 0) is 34.7 Å². The van der Waals surface area contributed by atoms with Gasteiger partial charge >= 0.3 is 0 Å². The lowest BCUT2D eigenvalue weighted by molar-refractivity contribution is 0.696. The molecular formula is C12H21N3. The van der Waals surface area contributed by atoms with Crippen LogP contribution in [-0.2, 0) is 7.05 Å². The molecule has 1 rings (SSSR count). The highest BCUT2D eigenvalue weighted by molar-refractivity contribution is 5.57. The third kappa shape index (κ3) is 2.48. The van der Waals surface area contributed by atoms with Crippen LogP contribution in [0.5, 0.6) is 0 Å². The lowest BCUT2D eigenvalue weighted by Crippen LogP contribution is -2.22. The van der Waals surface area contributed by atoms with Gasteiger partial charge in [0.05, 0.1) is 5.69 Å². The van der Waals surface area contributed by atoms with Crippen molar-refractivity contribution < 1.29 is 0 Å². The van der Waals surface area contributed by atoms with Crippen LogP contribution in [0.4, 0.5) is 0 Å². The Bertz CT molecular complexity index is 374. The van der Waals surface area contributed by atoms with Gasteiger partial charge in [-0.25, -0.2) is 0 Å². The van der Waals surface area contributed by atoms with Crippen molar-refractivity contribution >= 4 is 6.08 Å². The summed E-state index contributed by atoms with van der Waals surface area (Å²) in [6.07, 6.45) is 2.22. The maximum atomic E-state index is 4.40. The predicted octanol–water partition coefficient (Wildman–Crippen LogP) is 2.05. The number of nitrogens with zero attached hydrogens (tertiary/aromatic N) is 2. The fourth-order valence-corrected chi connectivity index (χ4v) is 1.58. The Morgan fingerprint density at radius 1 is 1.47 bits per heavy atom. The number of hydrogen-bond donors (Lipinski definition) is 1. The van der Waals surface area contributed by atoms with Gasteiger partial charge in [0.1, 0.15) is 0 Å². The highest BCUT2D eigenvalue weighted by Gasteiger charge is 2.08. The molecule has 1 heterocycles. The molecular weight excluding hydrogens is 186 g/mol. The van der Waals surface area contributed by atoms with Gasteiger partial charge < -0.3 is 5.32 Å². The van der Waals surface area contributed by atoms with E-state index >= 15 is 0 Å². The van der Waals surface area contributed by atoms with Crippen LogP contribution in [0.2, 0.25) is 0 Å². The number of hydrogen-bond acceptors (Lipinski definition) is 2. The van der Waals surface area contributed by atoms with Gasteiger partial charge in [-0.1, -0.05) is 11.6 Å². The summed E-state index contributed by atoms with van der Waals surface area (Å²) >= 11 is 0. The minimum absolute atomic E-state index is 0.406. The van der Waals surface area contributed by atoms with E-state index in [2.05, 4.69) is 44.2 Å². The fourth-order valence-electron chi connectivity index (χ4n) is 1.58. The van der Waals surface area contributed by atoms with Crippen LogP contribution in [0.25, 0.3) is 6.08 Å². The largest absolute Gasteiger partial charge is 0.314 e. The molecule has 0 fully saturated rings. The molecule has 0 aliphatic heterocycles. The Morgan fingerprint density at radius 2 is 2.07 bits per heavy atom. The van der Waals surface area contributed by atoms with Crippen molar-refractivity contribution in [2.45, 2.75) is 33.7 Å². The summed E-state index contributed by atoms with van der Waals surface area (Å²) in [6.45, 7) is 8.46. The zero-order valence-electron chi connectivity index (χ0n) is 10.5. The van der Waals surface area contributed by atoms with Gasteiger partial charge in [0.15, 0.2) is 0 Å². The molecule has 0 saturated heterocycles. The maximum Gasteiger partial charge on any atom is 0.0668 e. The average Bonchev–Trinajstić information content (AvgIpc) is 2.43. The number of rotatable bonds is 3. The molecule has 3 heteroatoms. The van der Waals surface area contributed by atoms with Crippen LogP contribution in [0.3, 0.4) is 0 Å². The number of aryl methyl sites for hydroxylation is 2. The first-order chi connectivity index (χ1) is 6.97. The smallest absolute Gasteiger partial charge is 0.0668 e. The molecule has 0 saturated carbocycles. The van der Waals surface area contributed by atoms with E-state index in [0.717, 1.165) is 5.69 Å². The summed E-state index contributed by atoms with van der Waals surface area (Å²) in [5.41, 5.74) is 4.89. The first-order valence-electron chi connectivity index (χ1n) is 5.33. The van der Waals surface area contributed by atoms with E-state index < -0.39 is 0 Å². The van der Waals surface area contributed by atoms with Crippen molar-refractivity contribution in [1.82, 2.24) is 15.1 Å². The van der Waals surface area contributed by atoms with Crippen molar-refractivity contribution in [2.75, 3.05) is 7.05 Å². The van der Waals surface area contributed by atoms with Gasteiger partial charge in [0, 0.05) is 24.3 Å². The summed E-state index contributed by atoms with van der Waals surface area (Å²) in [6, 6.07) is 0.406. The SMILES string of the molecule is CNC(C)C(C)=Cc1c(C)nn(C)c1C. The van der Waals surface area contributed by atoms with E-state index in [1.807, 2.05) is 18.8 Å². The molecule has 1 N–H and O–H groups in total. The molecule has 0 aliphatic rings. The number of likely N-dealkylation sites (N-methyl/N-ethyl adjacent to an activating group) is 1. The van der Waals surface area contributed by atoms with Crippen molar-refractivity contribution in [3.8, 4) is 0 Å². The van der Waals surface area contributed by atoms with Crippen molar-refractivity contribution in [2.24, 2.45) is 7.05 Å². The van der Waals surface area contributed by atoms with E-state index in [0.29, 0.717) is 6.04 Å². The molecule has 1 atom stereocenters. The zero-order chi connectivity index (χ0) is 11.6. The first-order valence-corrected chi connectivity index (χ1v) is 5.33. The molecule has 3 nitrogen and oxygen atoms in total. The zero-order valence-corrected chi connectivity index (χ0v) is 10.5. The van der Waals surface area contributed by atoms with Gasteiger partial charge in [-0.15, -0.1) is 0 Å². The Balaban J connectivity index is 3.07. The number of nitrogens with one attached hydrogen (secondary N) is 1. The molecule has 0 amide bonds. The minimum atomic E-state index is 0.406. The van der Waals surface area contributed by atoms with Crippen molar-refractivity contribution in [3.05, 3.63) is 22.5 Å². The van der Waals surface area contributed by atoms with E-state index in [9.17, 15) is 0 Å². The molecule has 0 spiro atoms. The van der Waals surface area contributed by atoms with Crippen LogP contribution in [0, 0.1) is 13.8 Å². The highest BCUT2D eigenvalue weighted by atomic mass is 15.3. The molecule has 0 bridgehead atoms. The molecule has 0 aliphatic carbocycles. The summed E-state index contributed by atoms with van der Waals surface area (Å²) < 4.78 is 1.93. The topological polar surface area (TPSA) is 29.9 Å². The molecule has 1 unspecified atom stereocenters. The highest BCUT2D eigenvalue weighted by Crippen LogP contribution is 2.17. The predicted molar refractivity (Wildman–Crippen MR) is 64.9 cm³/mol. The van der Waals surface area contributed by atoms with Crippen molar-refractivity contribution in [1.29, 1.82) is 0 Å². The molecule has 84 valence electrons. The second-order valence-corrected chi connectivity index (χ2v) is 4.11. The summed E-state index contributed by atoms with van der Waals surface area (Å²) in [5, 5.41) is 7.64. The quantitative estimate of drug-likeness (QED) is 0.822. The van der Waals surface area contributed by atoms with E-state index in [1.165, 1.54) is 16.8 Å². The summed E-state index contributed by atoms with van der Waals surface area (Å²) in [7, 11) is 3.96. The van der Waals surface area contributed by atoms with E-state index in [1.54, 1.807) is 0 Å². The number of aromatic nitrogens is 2. The second kappa shape index (κ2) is 4.62. The Labute approximate surface area is 92.2 Å². The summed E-state index contributed by atoms with van der Waals surface area (Å²) in [4.78, 5) is 0. The summed E-state index contributed by atoms with van der Waals surface area (Å²) in [5.74, 6) is 0. The third-order valence-corrected chi connectivity index (χ3v) is 3.05. The fraction of sp³-hybridized carbons (Fsp3) is 0.583. The average molecular weight is 207 g/mol. The van der Waals surface area contributed by atoms with Crippen LogP contribution in [0.15, 0.2) is 5.57 Å². The van der Waals surface area contributed by atoms with Gasteiger partial charge in [-0.3, -0.25) is 4.68 Å². The van der Waals surface area contributed by atoms with E-state index in [-0.39, 0.29) is 0 Å². The lowest BCUT2D eigenvalue weighted by atomic mass is 10.1. The molecule has 0 radical (unpaired) electrons. The second-order valence-electron chi connectivity index (χ2n) is 4.11. The first kappa shape index (κ1) is 12.0. The molecule has 1 aromatic heterocycles. The van der Waals surface area contributed by atoms with Gasteiger partial charge in [-0.2, -0.15) is 5.10 Å².